The largest absolute Gasteiger partial charge is 0.492 e. The number of cyclic esters (lactones) is 1. The standard InChI is InChI=1S/C17H18N2O6/c20-14(8-18-5-6-24-16(18)23)19-7-12-11-3-1-2-4-13(11)25-10-17(12,9-19)15(21)22/h1-4,12H,5-10H2,(H,21,22)/t12-,17-/m0/s1. The molecule has 1 N–H and O–H groups in total. The first-order valence-corrected chi connectivity index (χ1v) is 8.16. The van der Waals surface area contributed by atoms with Gasteiger partial charge in [0.25, 0.3) is 0 Å². The SMILES string of the molecule is O=C(CN1CCOC1=O)N1C[C@H]2c3ccccc3OC[C@@]2(C(=O)O)C1. The smallest absolute Gasteiger partial charge is 0.410 e. The van der Waals surface area contributed by atoms with Gasteiger partial charge in [0, 0.05) is 24.6 Å². The summed E-state index contributed by atoms with van der Waals surface area (Å²) in [6, 6.07) is 7.34. The number of para-hydroxylation sites is 1. The van der Waals surface area contributed by atoms with Gasteiger partial charge in [0.1, 0.15) is 30.9 Å². The Hall–Kier alpha value is -2.77. The monoisotopic (exact) mass is 346 g/mol. The number of ether oxygens (including phenoxy) is 2. The summed E-state index contributed by atoms with van der Waals surface area (Å²) < 4.78 is 10.5. The van der Waals surface area contributed by atoms with Gasteiger partial charge in [-0.1, -0.05) is 18.2 Å². The molecule has 2 fully saturated rings. The molecular formula is C17H18N2O6. The Morgan fingerprint density at radius 1 is 1.28 bits per heavy atom. The van der Waals surface area contributed by atoms with Crippen LogP contribution in [0.3, 0.4) is 0 Å². The van der Waals surface area contributed by atoms with Crippen molar-refractivity contribution in [1.29, 1.82) is 0 Å². The normalized spacial score (nSPS) is 27.4. The predicted molar refractivity (Wildman–Crippen MR) is 84.2 cm³/mol. The van der Waals surface area contributed by atoms with E-state index in [0.29, 0.717) is 18.8 Å². The number of hydrogen-bond acceptors (Lipinski definition) is 5. The van der Waals surface area contributed by atoms with E-state index in [1.165, 1.54) is 9.80 Å². The van der Waals surface area contributed by atoms with Gasteiger partial charge < -0.3 is 19.5 Å². The second-order valence-electron chi connectivity index (χ2n) is 6.65. The van der Waals surface area contributed by atoms with Crippen molar-refractivity contribution >= 4 is 18.0 Å². The molecule has 0 unspecified atom stereocenters. The lowest BCUT2D eigenvalue weighted by Gasteiger charge is -2.35. The van der Waals surface area contributed by atoms with Gasteiger partial charge in [-0.2, -0.15) is 0 Å². The van der Waals surface area contributed by atoms with E-state index in [4.69, 9.17) is 9.47 Å². The van der Waals surface area contributed by atoms with E-state index in [-0.39, 0.29) is 38.1 Å². The van der Waals surface area contributed by atoms with Crippen LogP contribution >= 0.6 is 0 Å². The average molecular weight is 346 g/mol. The zero-order valence-corrected chi connectivity index (χ0v) is 13.5. The van der Waals surface area contributed by atoms with E-state index in [1.54, 1.807) is 0 Å². The second kappa shape index (κ2) is 5.65. The predicted octanol–water partition coefficient (Wildman–Crippen LogP) is 0.528. The van der Waals surface area contributed by atoms with Crippen LogP contribution in [0.15, 0.2) is 24.3 Å². The number of carboxylic acids is 1. The molecule has 0 aliphatic carbocycles. The highest BCUT2D eigenvalue weighted by Gasteiger charge is 2.57. The molecule has 0 radical (unpaired) electrons. The molecule has 132 valence electrons. The first kappa shape index (κ1) is 15.7. The molecule has 8 nitrogen and oxygen atoms in total. The first-order valence-electron chi connectivity index (χ1n) is 8.16. The fourth-order valence-electron chi connectivity index (χ4n) is 3.86. The van der Waals surface area contributed by atoms with Gasteiger partial charge in [-0.05, 0) is 6.07 Å². The van der Waals surface area contributed by atoms with Gasteiger partial charge >= 0.3 is 12.1 Å². The minimum atomic E-state index is -1.16. The molecule has 25 heavy (non-hydrogen) atoms. The minimum Gasteiger partial charge on any atom is -0.492 e. The fourth-order valence-corrected chi connectivity index (χ4v) is 3.86. The Labute approximate surface area is 143 Å². The average Bonchev–Trinajstić information content (AvgIpc) is 3.19. The summed E-state index contributed by atoms with van der Waals surface area (Å²) in [5, 5.41) is 9.85. The summed E-state index contributed by atoms with van der Waals surface area (Å²) in [6.45, 7) is 0.952. The number of hydrogen-bond donors (Lipinski definition) is 1. The molecular weight excluding hydrogens is 328 g/mol. The van der Waals surface area contributed by atoms with Gasteiger partial charge in [-0.25, -0.2) is 4.79 Å². The van der Waals surface area contributed by atoms with E-state index in [1.807, 2.05) is 24.3 Å². The fraction of sp³-hybridized carbons (Fsp3) is 0.471. The van der Waals surface area contributed by atoms with Crippen molar-refractivity contribution in [2.75, 3.05) is 39.4 Å². The highest BCUT2D eigenvalue weighted by molar-refractivity contribution is 5.86. The number of amides is 2. The lowest BCUT2D eigenvalue weighted by molar-refractivity contribution is -0.152. The van der Waals surface area contributed by atoms with Gasteiger partial charge in [0.15, 0.2) is 0 Å². The molecule has 0 aromatic heterocycles. The quantitative estimate of drug-likeness (QED) is 0.858. The zero-order chi connectivity index (χ0) is 17.6. The Kier molecular flexibility index (Phi) is 3.55. The first-order chi connectivity index (χ1) is 12.0. The number of carbonyl (C=O) groups excluding carboxylic acids is 2. The van der Waals surface area contributed by atoms with Crippen molar-refractivity contribution in [3.05, 3.63) is 29.8 Å². The molecule has 2 atom stereocenters. The second-order valence-corrected chi connectivity index (χ2v) is 6.65. The Bertz CT molecular complexity index is 750. The van der Waals surface area contributed by atoms with Crippen molar-refractivity contribution in [2.45, 2.75) is 5.92 Å². The van der Waals surface area contributed by atoms with Crippen LogP contribution in [-0.2, 0) is 14.3 Å². The Morgan fingerprint density at radius 3 is 2.80 bits per heavy atom. The third-order valence-corrected chi connectivity index (χ3v) is 5.27. The summed E-state index contributed by atoms with van der Waals surface area (Å²) >= 11 is 0. The molecule has 1 aromatic carbocycles. The van der Waals surface area contributed by atoms with Crippen molar-refractivity contribution in [3.8, 4) is 5.75 Å². The molecule has 4 rings (SSSR count). The lowest BCUT2D eigenvalue weighted by Crippen LogP contribution is -2.46. The Balaban J connectivity index is 1.59. The third kappa shape index (κ3) is 2.40. The van der Waals surface area contributed by atoms with E-state index in [0.717, 1.165) is 5.56 Å². The van der Waals surface area contributed by atoms with Crippen LogP contribution in [0.5, 0.6) is 5.75 Å². The zero-order valence-electron chi connectivity index (χ0n) is 13.5. The highest BCUT2D eigenvalue weighted by Crippen LogP contribution is 2.49. The summed E-state index contributed by atoms with van der Waals surface area (Å²) in [5.41, 5.74) is -0.345. The maximum absolute atomic E-state index is 12.6. The van der Waals surface area contributed by atoms with Crippen LogP contribution < -0.4 is 4.74 Å². The van der Waals surface area contributed by atoms with Gasteiger partial charge in [0.2, 0.25) is 5.91 Å². The summed E-state index contributed by atoms with van der Waals surface area (Å²) in [7, 11) is 0. The maximum atomic E-state index is 12.6. The molecule has 3 aliphatic heterocycles. The van der Waals surface area contributed by atoms with E-state index in [2.05, 4.69) is 0 Å². The topological polar surface area (TPSA) is 96.4 Å². The number of carboxylic acid groups (broad SMARTS) is 1. The number of likely N-dealkylation sites (tertiary alicyclic amines) is 1. The highest BCUT2D eigenvalue weighted by atomic mass is 16.6. The number of nitrogens with zero attached hydrogens (tertiary/aromatic N) is 2. The van der Waals surface area contributed by atoms with Gasteiger partial charge in [0.05, 0.1) is 6.54 Å². The minimum absolute atomic E-state index is 0.0273. The molecule has 3 aliphatic rings. The van der Waals surface area contributed by atoms with Crippen molar-refractivity contribution < 1.29 is 29.0 Å². The molecule has 3 heterocycles. The van der Waals surface area contributed by atoms with Crippen LogP contribution in [0.25, 0.3) is 0 Å². The molecule has 0 spiro atoms. The molecule has 2 saturated heterocycles. The lowest BCUT2D eigenvalue weighted by atomic mass is 9.73. The van der Waals surface area contributed by atoms with E-state index >= 15 is 0 Å². The Morgan fingerprint density at radius 2 is 2.08 bits per heavy atom. The molecule has 1 aromatic rings. The number of benzene rings is 1. The summed E-state index contributed by atoms with van der Waals surface area (Å²) in [4.78, 5) is 39.0. The maximum Gasteiger partial charge on any atom is 0.410 e. The third-order valence-electron chi connectivity index (χ3n) is 5.27. The van der Waals surface area contributed by atoms with Crippen molar-refractivity contribution in [3.63, 3.8) is 0 Å². The van der Waals surface area contributed by atoms with Crippen LogP contribution in [0, 0.1) is 5.41 Å². The van der Waals surface area contributed by atoms with Crippen molar-refractivity contribution in [1.82, 2.24) is 9.80 Å². The van der Waals surface area contributed by atoms with Gasteiger partial charge in [-0.3, -0.25) is 14.5 Å². The number of carbonyl (C=O) groups is 3. The number of rotatable bonds is 3. The van der Waals surface area contributed by atoms with Crippen LogP contribution in [0.2, 0.25) is 0 Å². The van der Waals surface area contributed by atoms with E-state index < -0.39 is 17.5 Å². The molecule has 0 saturated carbocycles. The van der Waals surface area contributed by atoms with E-state index in [9.17, 15) is 19.5 Å². The summed E-state index contributed by atoms with van der Waals surface area (Å²) in [6.07, 6.45) is -0.508. The van der Waals surface area contributed by atoms with Gasteiger partial charge in [-0.15, -0.1) is 0 Å². The number of aliphatic carboxylic acids is 1. The number of fused-ring (bicyclic) bond motifs is 3. The molecule has 2 amide bonds. The summed E-state index contributed by atoms with van der Waals surface area (Å²) in [5.74, 6) is -0.902. The van der Waals surface area contributed by atoms with Crippen LogP contribution in [0.1, 0.15) is 11.5 Å². The van der Waals surface area contributed by atoms with Crippen LogP contribution in [0.4, 0.5) is 4.79 Å². The van der Waals surface area contributed by atoms with Crippen molar-refractivity contribution in [2.24, 2.45) is 5.41 Å². The van der Waals surface area contributed by atoms with Crippen LogP contribution in [-0.4, -0.2) is 72.3 Å². The molecule has 0 bridgehead atoms. The molecule has 8 heteroatoms.